The van der Waals surface area contributed by atoms with Gasteiger partial charge in [0, 0.05) is 18.5 Å². The van der Waals surface area contributed by atoms with Crippen LogP contribution >= 0.6 is 0 Å². The molecule has 1 fully saturated rings. The SMILES string of the molecule is NC(=O)c1c(N2CCOCC2)c(S(=O)(=O)C(F)(F)F)nc2ccc(F)cc12. The molecule has 0 aliphatic carbocycles. The average Bonchev–Trinajstić information content (AvgIpc) is 2.59. The van der Waals surface area contributed by atoms with Crippen LogP contribution in [0.1, 0.15) is 10.4 Å². The van der Waals surface area contributed by atoms with Gasteiger partial charge in [-0.2, -0.15) is 13.2 Å². The molecule has 1 aliphatic rings. The Hall–Kier alpha value is -2.47. The summed E-state index contributed by atoms with van der Waals surface area (Å²) in [6, 6.07) is 2.74. The fourth-order valence-corrected chi connectivity index (χ4v) is 3.75. The van der Waals surface area contributed by atoms with Crippen molar-refractivity contribution in [1.29, 1.82) is 0 Å². The number of rotatable bonds is 3. The zero-order chi connectivity index (χ0) is 20.0. The van der Waals surface area contributed by atoms with E-state index in [1.54, 1.807) is 0 Å². The summed E-state index contributed by atoms with van der Waals surface area (Å²) in [4.78, 5) is 16.9. The molecule has 1 aromatic carbocycles. The minimum atomic E-state index is -5.91. The van der Waals surface area contributed by atoms with Crippen molar-refractivity contribution in [2.75, 3.05) is 31.2 Å². The van der Waals surface area contributed by atoms with Crippen LogP contribution in [0, 0.1) is 5.82 Å². The molecule has 1 aromatic heterocycles. The number of benzene rings is 1. The third kappa shape index (κ3) is 3.30. The Morgan fingerprint density at radius 3 is 2.41 bits per heavy atom. The highest BCUT2D eigenvalue weighted by Gasteiger charge is 2.50. The molecule has 2 aromatic rings. The van der Waals surface area contributed by atoms with Gasteiger partial charge in [-0.3, -0.25) is 4.79 Å². The molecule has 7 nitrogen and oxygen atoms in total. The maximum absolute atomic E-state index is 13.7. The number of carbonyl (C=O) groups is 1. The molecule has 1 amide bonds. The van der Waals surface area contributed by atoms with Crippen molar-refractivity contribution in [2.24, 2.45) is 5.73 Å². The number of pyridine rings is 1. The minimum Gasteiger partial charge on any atom is -0.378 e. The van der Waals surface area contributed by atoms with Gasteiger partial charge in [-0.15, -0.1) is 0 Å². The van der Waals surface area contributed by atoms with Crippen molar-refractivity contribution in [2.45, 2.75) is 10.5 Å². The van der Waals surface area contributed by atoms with Crippen LogP contribution < -0.4 is 10.6 Å². The zero-order valence-electron chi connectivity index (χ0n) is 13.6. The lowest BCUT2D eigenvalue weighted by molar-refractivity contribution is -0.0437. The van der Waals surface area contributed by atoms with Gasteiger partial charge >= 0.3 is 5.51 Å². The molecule has 3 rings (SSSR count). The van der Waals surface area contributed by atoms with Gasteiger partial charge in [0.25, 0.3) is 15.7 Å². The number of hydrogen-bond donors (Lipinski definition) is 1. The Morgan fingerprint density at radius 2 is 1.85 bits per heavy atom. The van der Waals surface area contributed by atoms with Gasteiger partial charge in [0.15, 0.2) is 5.03 Å². The number of nitrogens with two attached hydrogens (primary N) is 1. The van der Waals surface area contributed by atoms with E-state index in [1.807, 2.05) is 0 Å². The van der Waals surface area contributed by atoms with Gasteiger partial charge in [0.1, 0.15) is 5.82 Å². The van der Waals surface area contributed by atoms with Gasteiger partial charge < -0.3 is 15.4 Å². The average molecular weight is 407 g/mol. The Bertz CT molecular complexity index is 1020. The number of amides is 1. The van der Waals surface area contributed by atoms with E-state index in [0.717, 1.165) is 18.2 Å². The first kappa shape index (κ1) is 19.3. The molecule has 1 saturated heterocycles. The topological polar surface area (TPSA) is 103 Å². The normalized spacial score (nSPS) is 15.9. The summed E-state index contributed by atoms with van der Waals surface area (Å²) in [6.45, 7) is 0.183. The maximum Gasteiger partial charge on any atom is 0.503 e. The Kier molecular flexibility index (Phi) is 4.72. The third-order valence-corrected chi connectivity index (χ3v) is 5.43. The highest BCUT2D eigenvalue weighted by Crippen LogP contribution is 2.39. The molecule has 2 heterocycles. The van der Waals surface area contributed by atoms with E-state index >= 15 is 0 Å². The number of fused-ring (bicyclic) bond motifs is 1. The first-order chi connectivity index (χ1) is 12.5. The van der Waals surface area contributed by atoms with Gasteiger partial charge in [0.05, 0.1) is 30.0 Å². The summed E-state index contributed by atoms with van der Waals surface area (Å²) in [5, 5.41) is -1.52. The number of halogens is 4. The molecule has 27 heavy (non-hydrogen) atoms. The molecule has 0 spiro atoms. The van der Waals surface area contributed by atoms with Crippen molar-refractivity contribution in [3.05, 3.63) is 29.6 Å². The number of primary amides is 1. The van der Waals surface area contributed by atoms with Gasteiger partial charge in [-0.1, -0.05) is 0 Å². The highest BCUT2D eigenvalue weighted by atomic mass is 32.2. The molecule has 12 heteroatoms. The van der Waals surface area contributed by atoms with Crippen molar-refractivity contribution in [3.63, 3.8) is 0 Å². The van der Waals surface area contributed by atoms with E-state index in [2.05, 4.69) is 4.98 Å². The molecule has 0 atom stereocenters. The molecular formula is C15H13F4N3O4S. The quantitative estimate of drug-likeness (QED) is 0.776. The summed E-state index contributed by atoms with van der Waals surface area (Å²) in [5.74, 6) is -1.99. The number of carbonyl (C=O) groups excluding carboxylic acids is 1. The predicted octanol–water partition coefficient (Wildman–Crippen LogP) is 1.60. The first-order valence-corrected chi connectivity index (χ1v) is 9.09. The van der Waals surface area contributed by atoms with E-state index < -0.39 is 43.3 Å². The summed E-state index contributed by atoms with van der Waals surface area (Å²) < 4.78 is 82.7. The Labute approximate surface area is 150 Å². The second-order valence-corrected chi connectivity index (χ2v) is 7.57. The summed E-state index contributed by atoms with van der Waals surface area (Å²) in [7, 11) is -5.91. The van der Waals surface area contributed by atoms with Crippen LogP contribution in [0.3, 0.4) is 0 Å². The number of nitrogens with zero attached hydrogens (tertiary/aromatic N) is 2. The standard InChI is InChI=1S/C15H13F4N3O4S/c16-8-1-2-10-9(7-8)11(13(20)23)12(22-3-5-26-6-4-22)14(21-10)27(24,25)15(17,18)19/h1-2,7H,3-6H2,(H2,20,23). The molecule has 0 saturated carbocycles. The van der Waals surface area contributed by atoms with Crippen LogP contribution in [0.5, 0.6) is 0 Å². The minimum absolute atomic E-state index is 0.00313. The molecule has 1 aliphatic heterocycles. The lowest BCUT2D eigenvalue weighted by atomic mass is 10.1. The van der Waals surface area contributed by atoms with Gasteiger partial charge in [-0.25, -0.2) is 17.8 Å². The van der Waals surface area contributed by atoms with E-state index in [0.29, 0.717) is 0 Å². The molecule has 0 bridgehead atoms. The van der Waals surface area contributed by atoms with E-state index in [1.165, 1.54) is 4.90 Å². The molecule has 146 valence electrons. The van der Waals surface area contributed by atoms with E-state index in [9.17, 15) is 30.8 Å². The number of sulfone groups is 1. The van der Waals surface area contributed by atoms with Crippen molar-refractivity contribution in [1.82, 2.24) is 4.98 Å². The fourth-order valence-electron chi connectivity index (χ4n) is 2.83. The first-order valence-electron chi connectivity index (χ1n) is 7.61. The fraction of sp³-hybridized carbons (Fsp3) is 0.333. The number of hydrogen-bond acceptors (Lipinski definition) is 6. The van der Waals surface area contributed by atoms with Gasteiger partial charge in [-0.05, 0) is 18.2 Å². The number of aromatic nitrogens is 1. The molecule has 0 radical (unpaired) electrons. The number of ether oxygens (including phenoxy) is 1. The second-order valence-electron chi connectivity index (χ2n) is 5.71. The third-order valence-electron chi connectivity index (χ3n) is 4.02. The number of alkyl halides is 3. The lowest BCUT2D eigenvalue weighted by Crippen LogP contribution is -2.39. The smallest absolute Gasteiger partial charge is 0.378 e. The molecular weight excluding hydrogens is 394 g/mol. The van der Waals surface area contributed by atoms with E-state index in [-0.39, 0.29) is 37.2 Å². The largest absolute Gasteiger partial charge is 0.503 e. The van der Waals surface area contributed by atoms with Crippen LogP contribution in [0.4, 0.5) is 23.2 Å². The zero-order valence-corrected chi connectivity index (χ0v) is 14.4. The Balaban J connectivity index is 2.46. The van der Waals surface area contributed by atoms with Crippen LogP contribution in [0.25, 0.3) is 10.9 Å². The molecule has 2 N–H and O–H groups in total. The monoisotopic (exact) mass is 407 g/mol. The van der Waals surface area contributed by atoms with Crippen molar-refractivity contribution < 1.29 is 35.5 Å². The van der Waals surface area contributed by atoms with Crippen molar-refractivity contribution in [3.8, 4) is 0 Å². The van der Waals surface area contributed by atoms with Crippen LogP contribution in [0.15, 0.2) is 23.2 Å². The second kappa shape index (κ2) is 6.60. The maximum atomic E-state index is 13.7. The van der Waals surface area contributed by atoms with Crippen LogP contribution in [-0.2, 0) is 14.6 Å². The Morgan fingerprint density at radius 1 is 1.22 bits per heavy atom. The van der Waals surface area contributed by atoms with Crippen molar-refractivity contribution >= 4 is 32.3 Å². The highest BCUT2D eigenvalue weighted by molar-refractivity contribution is 7.92. The van der Waals surface area contributed by atoms with Crippen LogP contribution in [-0.4, -0.2) is 51.1 Å². The molecule has 0 unspecified atom stereocenters. The summed E-state index contributed by atoms with van der Waals surface area (Å²) >= 11 is 0. The van der Waals surface area contributed by atoms with Crippen LogP contribution in [0.2, 0.25) is 0 Å². The lowest BCUT2D eigenvalue weighted by Gasteiger charge is -2.31. The predicted molar refractivity (Wildman–Crippen MR) is 86.5 cm³/mol. The summed E-state index contributed by atoms with van der Waals surface area (Å²) in [6.07, 6.45) is 0. The summed E-state index contributed by atoms with van der Waals surface area (Å²) in [5.41, 5.74) is -1.75. The van der Waals surface area contributed by atoms with Gasteiger partial charge in [0.2, 0.25) is 0 Å². The van der Waals surface area contributed by atoms with E-state index in [4.69, 9.17) is 10.5 Å². The number of anilines is 1. The number of morpholine rings is 1.